The highest BCUT2D eigenvalue weighted by molar-refractivity contribution is 5.81. The number of ether oxygens (including phenoxy) is 3. The molecule has 0 saturated heterocycles. The quantitative estimate of drug-likeness (QED) is 0.500. The van der Waals surface area contributed by atoms with Crippen molar-refractivity contribution < 1.29 is 28.3 Å². The molecule has 7 nitrogen and oxygen atoms in total. The van der Waals surface area contributed by atoms with Crippen LogP contribution in [0.25, 0.3) is 22.5 Å². The van der Waals surface area contributed by atoms with Crippen molar-refractivity contribution in [3.8, 4) is 39.7 Å². The van der Waals surface area contributed by atoms with Crippen LogP contribution in [0.2, 0.25) is 0 Å². The Bertz CT molecular complexity index is 940. The van der Waals surface area contributed by atoms with Crippen LogP contribution < -0.4 is 14.2 Å². The highest BCUT2D eigenvalue weighted by atomic mass is 16.5. The maximum absolute atomic E-state index is 11.3. The van der Waals surface area contributed by atoms with Crippen LogP contribution in [0.5, 0.6) is 17.2 Å². The van der Waals surface area contributed by atoms with E-state index in [1.54, 1.807) is 25.4 Å². The van der Waals surface area contributed by atoms with E-state index in [-0.39, 0.29) is 11.5 Å². The van der Waals surface area contributed by atoms with Crippen LogP contribution in [0.1, 0.15) is 13.8 Å². The smallest absolute Gasteiger partial charge is 0.308 e. The molecule has 0 aliphatic heterocycles. The van der Waals surface area contributed by atoms with Gasteiger partial charge in [-0.2, -0.15) is 0 Å². The molecule has 3 rings (SSSR count). The third-order valence-electron chi connectivity index (χ3n) is 3.64. The first-order valence-corrected chi connectivity index (χ1v) is 8.07. The Hall–Kier alpha value is -3.61. The Morgan fingerprint density at radius 2 is 1.44 bits per heavy atom. The summed E-state index contributed by atoms with van der Waals surface area (Å²) in [5.41, 5.74) is 2.14. The lowest BCUT2D eigenvalue weighted by Gasteiger charge is -2.09. The molecule has 0 fully saturated rings. The van der Waals surface area contributed by atoms with Crippen molar-refractivity contribution in [2.45, 2.75) is 13.8 Å². The second-order valence-electron chi connectivity index (χ2n) is 5.68. The summed E-state index contributed by atoms with van der Waals surface area (Å²) in [4.78, 5) is 22.6. The molecule has 1 aromatic heterocycles. The van der Waals surface area contributed by atoms with Gasteiger partial charge in [0.05, 0.1) is 13.3 Å². The second kappa shape index (κ2) is 7.74. The Balaban J connectivity index is 2.06. The van der Waals surface area contributed by atoms with Gasteiger partial charge in [-0.3, -0.25) is 9.59 Å². The lowest BCUT2D eigenvalue weighted by Crippen LogP contribution is -2.04. The van der Waals surface area contributed by atoms with Crippen LogP contribution in [-0.2, 0) is 9.59 Å². The fraction of sp³-hybridized carbons (Fsp3) is 0.150. The minimum absolute atomic E-state index is 0.230. The van der Waals surface area contributed by atoms with Gasteiger partial charge in [0, 0.05) is 31.0 Å². The number of aromatic nitrogens is 1. The van der Waals surface area contributed by atoms with Gasteiger partial charge >= 0.3 is 11.9 Å². The Labute approximate surface area is 155 Å². The lowest BCUT2D eigenvalue weighted by atomic mass is 10.0. The van der Waals surface area contributed by atoms with E-state index in [1.165, 1.54) is 19.9 Å². The average Bonchev–Trinajstić information content (AvgIpc) is 3.10. The first kappa shape index (κ1) is 18.2. The standard InChI is InChI=1S/C20H17NO6/c1-12(22)25-17-8-15(9-18(10-17)26-13(2)23)20-19(11-21-27-20)14-4-6-16(24-3)7-5-14/h4-11H,1-3H3. The number of methoxy groups -OCH3 is 1. The number of benzene rings is 2. The molecule has 0 amide bonds. The highest BCUT2D eigenvalue weighted by Crippen LogP contribution is 2.36. The third kappa shape index (κ3) is 4.33. The van der Waals surface area contributed by atoms with Crippen molar-refractivity contribution in [3.05, 3.63) is 48.7 Å². The van der Waals surface area contributed by atoms with E-state index in [0.717, 1.165) is 16.9 Å². The van der Waals surface area contributed by atoms with Crippen LogP contribution >= 0.6 is 0 Å². The van der Waals surface area contributed by atoms with E-state index in [2.05, 4.69) is 5.16 Å². The summed E-state index contributed by atoms with van der Waals surface area (Å²) in [6, 6.07) is 12.1. The predicted molar refractivity (Wildman–Crippen MR) is 96.5 cm³/mol. The predicted octanol–water partition coefficient (Wildman–Crippen LogP) is 3.87. The molecule has 138 valence electrons. The fourth-order valence-corrected chi connectivity index (χ4v) is 2.58. The third-order valence-corrected chi connectivity index (χ3v) is 3.64. The van der Waals surface area contributed by atoms with E-state index < -0.39 is 11.9 Å². The van der Waals surface area contributed by atoms with Gasteiger partial charge in [-0.05, 0) is 29.8 Å². The Morgan fingerprint density at radius 3 is 1.96 bits per heavy atom. The number of hydrogen-bond acceptors (Lipinski definition) is 7. The van der Waals surface area contributed by atoms with Crippen LogP contribution in [0.4, 0.5) is 0 Å². The van der Waals surface area contributed by atoms with E-state index in [4.69, 9.17) is 18.7 Å². The Morgan fingerprint density at radius 1 is 0.852 bits per heavy atom. The average molecular weight is 367 g/mol. The number of esters is 2. The largest absolute Gasteiger partial charge is 0.497 e. The van der Waals surface area contributed by atoms with Crippen molar-refractivity contribution in [2.75, 3.05) is 7.11 Å². The van der Waals surface area contributed by atoms with Gasteiger partial charge in [-0.15, -0.1) is 0 Å². The van der Waals surface area contributed by atoms with Gasteiger partial charge in [0.15, 0.2) is 5.76 Å². The monoisotopic (exact) mass is 367 g/mol. The second-order valence-corrected chi connectivity index (χ2v) is 5.68. The van der Waals surface area contributed by atoms with Gasteiger partial charge in [0.25, 0.3) is 0 Å². The zero-order valence-corrected chi connectivity index (χ0v) is 15.0. The zero-order chi connectivity index (χ0) is 19.4. The number of nitrogens with zero attached hydrogens (tertiary/aromatic N) is 1. The molecule has 2 aromatic carbocycles. The first-order chi connectivity index (χ1) is 13.0. The number of carbonyl (C=O) groups is 2. The molecule has 0 saturated carbocycles. The topological polar surface area (TPSA) is 87.9 Å². The molecular formula is C20H17NO6. The molecule has 7 heteroatoms. The van der Waals surface area contributed by atoms with E-state index >= 15 is 0 Å². The van der Waals surface area contributed by atoms with Gasteiger partial charge in [-0.1, -0.05) is 17.3 Å². The summed E-state index contributed by atoms with van der Waals surface area (Å²) in [6.07, 6.45) is 1.58. The summed E-state index contributed by atoms with van der Waals surface area (Å²) in [7, 11) is 1.59. The van der Waals surface area contributed by atoms with Gasteiger partial charge < -0.3 is 18.7 Å². The molecule has 0 radical (unpaired) electrons. The van der Waals surface area contributed by atoms with Gasteiger partial charge in [-0.25, -0.2) is 0 Å². The molecule has 0 atom stereocenters. The van der Waals surface area contributed by atoms with Crippen molar-refractivity contribution in [3.63, 3.8) is 0 Å². The minimum atomic E-state index is -0.492. The summed E-state index contributed by atoms with van der Waals surface area (Å²) in [5, 5.41) is 3.88. The molecule has 0 spiro atoms. The lowest BCUT2D eigenvalue weighted by molar-refractivity contribution is -0.132. The molecule has 0 unspecified atom stereocenters. The van der Waals surface area contributed by atoms with E-state index in [1.807, 2.05) is 24.3 Å². The fourth-order valence-electron chi connectivity index (χ4n) is 2.58. The van der Waals surface area contributed by atoms with Crippen molar-refractivity contribution in [2.24, 2.45) is 0 Å². The van der Waals surface area contributed by atoms with Crippen molar-refractivity contribution >= 4 is 11.9 Å². The summed E-state index contributed by atoms with van der Waals surface area (Å²) < 4.78 is 20.9. The molecule has 1 heterocycles. The SMILES string of the molecule is COc1ccc(-c2cnoc2-c2cc(OC(C)=O)cc(OC(C)=O)c2)cc1. The minimum Gasteiger partial charge on any atom is -0.497 e. The van der Waals surface area contributed by atoms with Gasteiger partial charge in [0.2, 0.25) is 0 Å². The van der Waals surface area contributed by atoms with Crippen molar-refractivity contribution in [1.82, 2.24) is 5.16 Å². The van der Waals surface area contributed by atoms with E-state index in [0.29, 0.717) is 11.3 Å². The van der Waals surface area contributed by atoms with Crippen LogP contribution in [-0.4, -0.2) is 24.2 Å². The first-order valence-electron chi connectivity index (χ1n) is 8.07. The van der Waals surface area contributed by atoms with Crippen molar-refractivity contribution in [1.29, 1.82) is 0 Å². The van der Waals surface area contributed by atoms with Gasteiger partial charge in [0.1, 0.15) is 17.2 Å². The van der Waals surface area contributed by atoms with Crippen LogP contribution in [0.15, 0.2) is 53.2 Å². The summed E-state index contributed by atoms with van der Waals surface area (Å²) >= 11 is 0. The number of carbonyl (C=O) groups excluding carboxylic acids is 2. The normalized spacial score (nSPS) is 10.3. The number of rotatable bonds is 5. The molecule has 0 aliphatic rings. The molecule has 0 aliphatic carbocycles. The highest BCUT2D eigenvalue weighted by Gasteiger charge is 2.16. The molecule has 27 heavy (non-hydrogen) atoms. The van der Waals surface area contributed by atoms with Crippen LogP contribution in [0.3, 0.4) is 0 Å². The van der Waals surface area contributed by atoms with E-state index in [9.17, 15) is 9.59 Å². The molecular weight excluding hydrogens is 350 g/mol. The molecule has 0 N–H and O–H groups in total. The summed E-state index contributed by atoms with van der Waals surface area (Å²) in [5.74, 6) is 0.651. The van der Waals surface area contributed by atoms with Crippen LogP contribution in [0, 0.1) is 0 Å². The number of hydrogen-bond donors (Lipinski definition) is 0. The maximum Gasteiger partial charge on any atom is 0.308 e. The maximum atomic E-state index is 11.3. The molecule has 3 aromatic rings. The Kier molecular flexibility index (Phi) is 5.21. The zero-order valence-electron chi connectivity index (χ0n) is 15.0. The molecule has 0 bridgehead atoms. The summed E-state index contributed by atoms with van der Waals surface area (Å²) in [6.45, 7) is 2.57.